The minimum atomic E-state index is -0.564. The summed E-state index contributed by atoms with van der Waals surface area (Å²) in [5, 5.41) is 0. The summed E-state index contributed by atoms with van der Waals surface area (Å²) in [5.74, 6) is -0.121. The maximum absolute atomic E-state index is 11.7. The number of rotatable bonds is 5. The highest BCUT2D eigenvalue weighted by Crippen LogP contribution is 2.25. The molecule has 1 aromatic heterocycles. The topological polar surface area (TPSA) is 64.8 Å². The zero-order valence-electron chi connectivity index (χ0n) is 12.5. The van der Waals surface area contributed by atoms with Crippen LogP contribution in [0.4, 0.5) is 5.69 Å². The number of carbonyl (C=O) groups is 1. The van der Waals surface area contributed by atoms with E-state index in [0.717, 1.165) is 11.3 Å². The first-order valence-electron chi connectivity index (χ1n) is 6.41. The van der Waals surface area contributed by atoms with Gasteiger partial charge in [-0.15, -0.1) is 0 Å². The fourth-order valence-corrected chi connectivity index (χ4v) is 1.86. The zero-order valence-corrected chi connectivity index (χ0v) is 12.5. The Hall–Kier alpha value is -2.34. The summed E-state index contributed by atoms with van der Waals surface area (Å²) < 4.78 is 15.2. The number of benzene rings is 1. The van der Waals surface area contributed by atoms with Crippen molar-refractivity contribution >= 4 is 11.7 Å². The van der Waals surface area contributed by atoms with Gasteiger partial charge in [-0.3, -0.25) is 0 Å². The molecule has 0 amide bonds. The van der Waals surface area contributed by atoms with E-state index in [9.17, 15) is 4.79 Å². The molecule has 112 valence electrons. The van der Waals surface area contributed by atoms with Gasteiger partial charge in [0.1, 0.15) is 5.69 Å². The van der Waals surface area contributed by atoms with Crippen LogP contribution in [0.5, 0.6) is 0 Å². The third-order valence-electron chi connectivity index (χ3n) is 2.98. The van der Waals surface area contributed by atoms with Gasteiger partial charge in [0.15, 0.2) is 0 Å². The Balaban J connectivity index is 2.37. The second kappa shape index (κ2) is 6.41. The van der Waals surface area contributed by atoms with Crippen LogP contribution < -0.4 is 4.90 Å². The van der Waals surface area contributed by atoms with Crippen molar-refractivity contribution in [3.8, 4) is 11.5 Å². The van der Waals surface area contributed by atoms with Crippen LogP contribution in [0.2, 0.25) is 0 Å². The Labute approximate surface area is 123 Å². The van der Waals surface area contributed by atoms with Crippen molar-refractivity contribution in [3.05, 3.63) is 35.7 Å². The normalized spacial score (nSPS) is 10.5. The zero-order chi connectivity index (χ0) is 15.4. The molecular formula is C15H18N2O4. The van der Waals surface area contributed by atoms with Crippen LogP contribution in [0, 0.1) is 0 Å². The lowest BCUT2D eigenvalue weighted by Gasteiger charge is -2.11. The lowest BCUT2D eigenvalue weighted by Crippen LogP contribution is -2.07. The largest absolute Gasteiger partial charge is 0.463 e. The molecular weight excluding hydrogens is 272 g/mol. The highest BCUT2D eigenvalue weighted by Gasteiger charge is 2.21. The van der Waals surface area contributed by atoms with Gasteiger partial charge < -0.3 is 18.8 Å². The number of ether oxygens (including phenoxy) is 2. The molecule has 0 fully saturated rings. The van der Waals surface area contributed by atoms with Crippen LogP contribution in [0.15, 0.2) is 28.7 Å². The summed E-state index contributed by atoms with van der Waals surface area (Å²) in [7, 11) is 6.76. The van der Waals surface area contributed by atoms with Crippen molar-refractivity contribution in [2.75, 3.05) is 33.2 Å². The minimum absolute atomic E-state index is 0.0750. The Kier molecular flexibility index (Phi) is 4.59. The second-order valence-electron chi connectivity index (χ2n) is 4.66. The molecule has 6 heteroatoms. The number of oxazole rings is 1. The van der Waals surface area contributed by atoms with Gasteiger partial charge >= 0.3 is 5.97 Å². The van der Waals surface area contributed by atoms with Crippen LogP contribution >= 0.6 is 0 Å². The molecule has 0 saturated heterocycles. The molecule has 0 bridgehead atoms. The van der Waals surface area contributed by atoms with E-state index in [2.05, 4.69) is 9.72 Å². The monoisotopic (exact) mass is 290 g/mol. The van der Waals surface area contributed by atoms with Crippen LogP contribution in [-0.4, -0.2) is 39.3 Å². The first kappa shape index (κ1) is 15.1. The number of methoxy groups -OCH3 is 2. The van der Waals surface area contributed by atoms with Crippen LogP contribution in [0.25, 0.3) is 11.5 Å². The number of hydrogen-bond acceptors (Lipinski definition) is 6. The fourth-order valence-electron chi connectivity index (χ4n) is 1.86. The van der Waals surface area contributed by atoms with E-state index in [4.69, 9.17) is 9.15 Å². The van der Waals surface area contributed by atoms with Gasteiger partial charge in [-0.1, -0.05) is 0 Å². The Morgan fingerprint density at radius 3 is 2.43 bits per heavy atom. The number of aromatic nitrogens is 1. The molecule has 6 nitrogen and oxygen atoms in total. The third kappa shape index (κ3) is 3.22. The minimum Gasteiger partial charge on any atom is -0.463 e. The van der Waals surface area contributed by atoms with E-state index in [1.807, 2.05) is 43.3 Å². The summed E-state index contributed by atoms with van der Waals surface area (Å²) in [6.07, 6.45) is 0. The summed E-state index contributed by atoms with van der Waals surface area (Å²) in [6, 6.07) is 7.68. The molecule has 1 aromatic carbocycles. The number of carbonyl (C=O) groups excluding carboxylic acids is 1. The first-order chi connectivity index (χ1) is 10.1. The molecule has 0 aliphatic rings. The second-order valence-corrected chi connectivity index (χ2v) is 4.66. The van der Waals surface area contributed by atoms with Crippen molar-refractivity contribution in [2.45, 2.75) is 6.61 Å². The number of anilines is 1. The average molecular weight is 290 g/mol. The standard InChI is InChI=1S/C15H18N2O4/c1-17(2)11-7-5-10(6-8-11)14-16-12(9-19-3)13(21-14)15(18)20-4/h5-8H,9H2,1-4H3. The van der Waals surface area contributed by atoms with E-state index in [-0.39, 0.29) is 12.4 Å². The van der Waals surface area contributed by atoms with Crippen molar-refractivity contribution < 1.29 is 18.7 Å². The van der Waals surface area contributed by atoms with Gasteiger partial charge in [-0.25, -0.2) is 9.78 Å². The van der Waals surface area contributed by atoms with Crippen molar-refractivity contribution in [1.82, 2.24) is 4.98 Å². The van der Waals surface area contributed by atoms with E-state index < -0.39 is 5.97 Å². The number of nitrogens with zero attached hydrogens (tertiary/aromatic N) is 2. The van der Waals surface area contributed by atoms with Crippen molar-refractivity contribution in [3.63, 3.8) is 0 Å². The highest BCUT2D eigenvalue weighted by atomic mass is 16.5. The number of esters is 1. The Morgan fingerprint density at radius 1 is 1.24 bits per heavy atom. The summed E-state index contributed by atoms with van der Waals surface area (Å²) in [4.78, 5) is 18.0. The van der Waals surface area contributed by atoms with Gasteiger partial charge in [0, 0.05) is 32.5 Å². The molecule has 2 rings (SSSR count). The van der Waals surface area contributed by atoms with Crippen LogP contribution in [-0.2, 0) is 16.1 Å². The van der Waals surface area contributed by atoms with E-state index in [1.165, 1.54) is 14.2 Å². The van der Waals surface area contributed by atoms with Crippen molar-refractivity contribution in [1.29, 1.82) is 0 Å². The molecule has 0 radical (unpaired) electrons. The molecule has 21 heavy (non-hydrogen) atoms. The van der Waals surface area contributed by atoms with E-state index in [0.29, 0.717) is 11.6 Å². The molecule has 0 N–H and O–H groups in total. The summed E-state index contributed by atoms with van der Waals surface area (Å²) in [5.41, 5.74) is 2.28. The SMILES string of the molecule is COCc1nc(-c2ccc(N(C)C)cc2)oc1C(=O)OC. The maximum atomic E-state index is 11.7. The molecule has 2 aromatic rings. The Bertz CT molecular complexity index is 617. The smallest absolute Gasteiger partial charge is 0.376 e. The van der Waals surface area contributed by atoms with Gasteiger partial charge in [0.05, 0.1) is 13.7 Å². The average Bonchev–Trinajstić information content (AvgIpc) is 2.91. The lowest BCUT2D eigenvalue weighted by molar-refractivity contribution is 0.0559. The molecule has 0 atom stereocenters. The van der Waals surface area contributed by atoms with Crippen LogP contribution in [0.1, 0.15) is 16.2 Å². The van der Waals surface area contributed by atoms with E-state index in [1.54, 1.807) is 0 Å². The van der Waals surface area contributed by atoms with Gasteiger partial charge in [0.2, 0.25) is 11.7 Å². The highest BCUT2D eigenvalue weighted by molar-refractivity contribution is 5.87. The first-order valence-corrected chi connectivity index (χ1v) is 6.41. The van der Waals surface area contributed by atoms with Gasteiger partial charge in [0.25, 0.3) is 0 Å². The molecule has 0 aliphatic heterocycles. The molecule has 0 spiro atoms. The maximum Gasteiger partial charge on any atom is 0.376 e. The third-order valence-corrected chi connectivity index (χ3v) is 2.98. The predicted octanol–water partition coefficient (Wildman–Crippen LogP) is 2.34. The number of hydrogen-bond donors (Lipinski definition) is 0. The Morgan fingerprint density at radius 2 is 1.90 bits per heavy atom. The molecule has 0 saturated carbocycles. The molecule has 1 heterocycles. The van der Waals surface area contributed by atoms with Gasteiger partial charge in [-0.05, 0) is 24.3 Å². The van der Waals surface area contributed by atoms with Crippen LogP contribution in [0.3, 0.4) is 0 Å². The fraction of sp³-hybridized carbons (Fsp3) is 0.333. The quantitative estimate of drug-likeness (QED) is 0.788. The van der Waals surface area contributed by atoms with E-state index >= 15 is 0 Å². The molecule has 0 unspecified atom stereocenters. The van der Waals surface area contributed by atoms with Crippen molar-refractivity contribution in [2.24, 2.45) is 0 Å². The predicted molar refractivity (Wildman–Crippen MR) is 78.3 cm³/mol. The lowest BCUT2D eigenvalue weighted by atomic mass is 10.2. The molecule has 0 aliphatic carbocycles. The summed E-state index contributed by atoms with van der Waals surface area (Å²) >= 11 is 0. The summed E-state index contributed by atoms with van der Waals surface area (Å²) in [6.45, 7) is 0.184. The van der Waals surface area contributed by atoms with Gasteiger partial charge in [-0.2, -0.15) is 0 Å².